The van der Waals surface area contributed by atoms with Gasteiger partial charge in [0.05, 0.1) is 6.04 Å². The first-order chi connectivity index (χ1) is 9.18. The van der Waals surface area contributed by atoms with Crippen LogP contribution in [-0.4, -0.2) is 23.4 Å². The van der Waals surface area contributed by atoms with Crippen molar-refractivity contribution in [1.29, 1.82) is 0 Å². The molecule has 1 aliphatic rings. The van der Waals surface area contributed by atoms with Crippen molar-refractivity contribution in [3.63, 3.8) is 0 Å². The van der Waals surface area contributed by atoms with Gasteiger partial charge in [-0.3, -0.25) is 4.79 Å². The Kier molecular flexibility index (Phi) is 3.15. The number of fused-ring (bicyclic) bond motifs is 1. The molecular weight excluding hydrogens is 236 g/mol. The van der Waals surface area contributed by atoms with E-state index in [9.17, 15) is 4.79 Å². The molecule has 1 aliphatic heterocycles. The van der Waals surface area contributed by atoms with Gasteiger partial charge < -0.3 is 10.3 Å². The Labute approximate surface area is 113 Å². The van der Waals surface area contributed by atoms with E-state index in [1.54, 1.807) is 0 Å². The lowest BCUT2D eigenvalue weighted by atomic mass is 9.94. The van der Waals surface area contributed by atoms with Crippen molar-refractivity contribution >= 4 is 16.7 Å². The molecule has 3 rings (SSSR count). The molecule has 3 nitrogen and oxygen atoms in total. The number of Topliss-reactive ketones (excluding diaryl/α,β-unsaturated/α-hetero) is 1. The number of hydrogen-bond donors (Lipinski definition) is 2. The second kappa shape index (κ2) is 4.82. The molecule has 0 radical (unpaired) electrons. The Morgan fingerprint density at radius 2 is 2.11 bits per heavy atom. The van der Waals surface area contributed by atoms with Crippen molar-refractivity contribution in [2.75, 3.05) is 6.54 Å². The molecule has 1 aromatic heterocycles. The maximum Gasteiger partial charge on any atom is 0.182 e. The van der Waals surface area contributed by atoms with Gasteiger partial charge in [0.1, 0.15) is 0 Å². The highest BCUT2D eigenvalue weighted by Gasteiger charge is 2.25. The number of aromatic amines is 1. The summed E-state index contributed by atoms with van der Waals surface area (Å²) in [5, 5.41) is 4.41. The third kappa shape index (κ3) is 2.08. The fourth-order valence-electron chi connectivity index (χ4n) is 3.06. The number of carbonyl (C=O) groups excluding carboxylic acids is 1. The Morgan fingerprint density at radius 1 is 1.26 bits per heavy atom. The van der Waals surface area contributed by atoms with Gasteiger partial charge in [0.15, 0.2) is 5.78 Å². The van der Waals surface area contributed by atoms with Crippen LogP contribution in [0.4, 0.5) is 0 Å². The van der Waals surface area contributed by atoms with Crippen LogP contribution in [-0.2, 0) is 0 Å². The second-order valence-corrected chi connectivity index (χ2v) is 5.49. The molecule has 1 atom stereocenters. The summed E-state index contributed by atoms with van der Waals surface area (Å²) in [6, 6.07) is 6.13. The summed E-state index contributed by atoms with van der Waals surface area (Å²) in [5.74, 6) is 0.244. The van der Waals surface area contributed by atoms with E-state index in [4.69, 9.17) is 0 Å². The zero-order valence-corrected chi connectivity index (χ0v) is 11.5. The number of piperidine rings is 1. The zero-order chi connectivity index (χ0) is 13.4. The van der Waals surface area contributed by atoms with E-state index in [0.717, 1.165) is 41.5 Å². The molecule has 0 aliphatic carbocycles. The molecule has 0 saturated carbocycles. The second-order valence-electron chi connectivity index (χ2n) is 5.49. The van der Waals surface area contributed by atoms with Crippen molar-refractivity contribution in [2.45, 2.75) is 39.2 Å². The lowest BCUT2D eigenvalue weighted by Gasteiger charge is -2.22. The number of hydrogen-bond acceptors (Lipinski definition) is 2. The van der Waals surface area contributed by atoms with Crippen molar-refractivity contribution in [3.8, 4) is 0 Å². The summed E-state index contributed by atoms with van der Waals surface area (Å²) in [4.78, 5) is 16.1. The van der Waals surface area contributed by atoms with Crippen molar-refractivity contribution in [3.05, 3.63) is 35.0 Å². The van der Waals surface area contributed by atoms with E-state index in [0.29, 0.717) is 0 Å². The Hall–Kier alpha value is -1.61. The van der Waals surface area contributed by atoms with E-state index in [-0.39, 0.29) is 11.8 Å². The van der Waals surface area contributed by atoms with Crippen molar-refractivity contribution in [2.24, 2.45) is 0 Å². The normalized spacial score (nSPS) is 19.8. The SMILES string of the molecule is Cc1[nH]c2c(C)cccc2c1C(=O)C1CCCCN1. The molecule has 0 bridgehead atoms. The maximum absolute atomic E-state index is 12.7. The molecule has 2 aromatic rings. The average Bonchev–Trinajstić information content (AvgIpc) is 2.77. The van der Waals surface area contributed by atoms with Gasteiger partial charge in [-0.2, -0.15) is 0 Å². The van der Waals surface area contributed by atoms with Crippen LogP contribution in [0.2, 0.25) is 0 Å². The molecule has 2 N–H and O–H groups in total. The van der Waals surface area contributed by atoms with Crippen LogP contribution in [0.25, 0.3) is 10.9 Å². The summed E-state index contributed by atoms with van der Waals surface area (Å²) >= 11 is 0. The Bertz CT molecular complexity index is 621. The smallest absolute Gasteiger partial charge is 0.182 e. The first-order valence-electron chi connectivity index (χ1n) is 7.04. The molecule has 0 amide bonds. The third-order valence-corrected chi connectivity index (χ3v) is 4.10. The van der Waals surface area contributed by atoms with Crippen LogP contribution >= 0.6 is 0 Å². The molecule has 2 heterocycles. The molecule has 100 valence electrons. The minimum absolute atomic E-state index is 0.00744. The standard InChI is InChI=1S/C16H20N2O/c1-10-6-5-7-12-14(11(2)18-15(10)12)16(19)13-8-3-4-9-17-13/h5-7,13,17-18H,3-4,8-9H2,1-2H3. The zero-order valence-electron chi connectivity index (χ0n) is 11.5. The van der Waals surface area contributed by atoms with Crippen LogP contribution < -0.4 is 5.32 Å². The number of benzene rings is 1. The molecule has 0 spiro atoms. The van der Waals surface area contributed by atoms with Crippen LogP contribution in [0, 0.1) is 13.8 Å². The topological polar surface area (TPSA) is 44.9 Å². The fourth-order valence-corrected chi connectivity index (χ4v) is 3.06. The molecule has 3 heteroatoms. The highest BCUT2D eigenvalue weighted by Crippen LogP contribution is 2.27. The molecule has 19 heavy (non-hydrogen) atoms. The summed E-state index contributed by atoms with van der Waals surface area (Å²) in [7, 11) is 0. The van der Waals surface area contributed by atoms with E-state index >= 15 is 0 Å². The Balaban J connectivity index is 2.06. The number of aryl methyl sites for hydroxylation is 2. The van der Waals surface area contributed by atoms with Crippen LogP contribution in [0.5, 0.6) is 0 Å². The monoisotopic (exact) mass is 256 g/mol. The minimum atomic E-state index is -0.00744. The van der Waals surface area contributed by atoms with E-state index in [1.165, 1.54) is 12.0 Å². The largest absolute Gasteiger partial charge is 0.358 e. The summed E-state index contributed by atoms with van der Waals surface area (Å²) in [5.41, 5.74) is 4.15. The quantitative estimate of drug-likeness (QED) is 0.811. The number of para-hydroxylation sites is 1. The minimum Gasteiger partial charge on any atom is -0.358 e. The first-order valence-corrected chi connectivity index (χ1v) is 7.04. The van der Waals surface area contributed by atoms with Gasteiger partial charge in [-0.1, -0.05) is 24.6 Å². The van der Waals surface area contributed by atoms with Gasteiger partial charge in [0, 0.05) is 22.2 Å². The lowest BCUT2D eigenvalue weighted by Crippen LogP contribution is -2.40. The number of carbonyl (C=O) groups is 1. The molecular formula is C16H20N2O. The fraction of sp³-hybridized carbons (Fsp3) is 0.438. The molecule has 1 saturated heterocycles. The number of ketones is 1. The van der Waals surface area contributed by atoms with Gasteiger partial charge in [0.25, 0.3) is 0 Å². The molecule has 1 fully saturated rings. The van der Waals surface area contributed by atoms with Gasteiger partial charge in [-0.25, -0.2) is 0 Å². The van der Waals surface area contributed by atoms with E-state index in [1.807, 2.05) is 19.1 Å². The van der Waals surface area contributed by atoms with E-state index in [2.05, 4.69) is 23.3 Å². The van der Waals surface area contributed by atoms with Gasteiger partial charge >= 0.3 is 0 Å². The van der Waals surface area contributed by atoms with Crippen molar-refractivity contribution in [1.82, 2.24) is 10.3 Å². The third-order valence-electron chi connectivity index (χ3n) is 4.10. The summed E-state index contributed by atoms with van der Waals surface area (Å²) < 4.78 is 0. The number of H-pyrrole nitrogens is 1. The van der Waals surface area contributed by atoms with Crippen LogP contribution in [0.1, 0.15) is 40.9 Å². The van der Waals surface area contributed by atoms with E-state index < -0.39 is 0 Å². The predicted octanol–water partition coefficient (Wildman–Crippen LogP) is 3.11. The molecule has 1 unspecified atom stereocenters. The number of aromatic nitrogens is 1. The first kappa shape index (κ1) is 12.4. The van der Waals surface area contributed by atoms with Crippen LogP contribution in [0.15, 0.2) is 18.2 Å². The van der Waals surface area contributed by atoms with Crippen molar-refractivity contribution < 1.29 is 4.79 Å². The van der Waals surface area contributed by atoms with Gasteiger partial charge in [0.2, 0.25) is 0 Å². The molecule has 1 aromatic carbocycles. The maximum atomic E-state index is 12.7. The Morgan fingerprint density at radius 3 is 2.84 bits per heavy atom. The highest BCUT2D eigenvalue weighted by atomic mass is 16.1. The summed E-state index contributed by atoms with van der Waals surface area (Å²) in [6.07, 6.45) is 3.27. The predicted molar refractivity (Wildman–Crippen MR) is 77.7 cm³/mol. The number of rotatable bonds is 2. The van der Waals surface area contributed by atoms with Gasteiger partial charge in [-0.05, 0) is 38.8 Å². The van der Waals surface area contributed by atoms with Gasteiger partial charge in [-0.15, -0.1) is 0 Å². The summed E-state index contributed by atoms with van der Waals surface area (Å²) in [6.45, 7) is 5.03. The average molecular weight is 256 g/mol. The highest BCUT2D eigenvalue weighted by molar-refractivity contribution is 6.12. The number of nitrogens with one attached hydrogen (secondary N) is 2. The lowest BCUT2D eigenvalue weighted by molar-refractivity contribution is 0.0928. The van der Waals surface area contributed by atoms with Crippen LogP contribution in [0.3, 0.4) is 0 Å².